The van der Waals surface area contributed by atoms with E-state index in [4.69, 9.17) is 0 Å². The fourth-order valence-electron chi connectivity index (χ4n) is 5.18. The van der Waals surface area contributed by atoms with Crippen molar-refractivity contribution in [2.45, 2.75) is 38.5 Å². The highest BCUT2D eigenvalue weighted by atomic mass is 14.4. The molecule has 2 aliphatic rings. The SMILES string of the molecule is Cc1ccc(C2=CC3C(c4cccc(C)c4)Cc4ccccc4C3C2)cc1. The maximum atomic E-state index is 2.60. The van der Waals surface area contributed by atoms with Gasteiger partial charge < -0.3 is 0 Å². The van der Waals surface area contributed by atoms with Crippen LogP contribution in [0.4, 0.5) is 0 Å². The van der Waals surface area contributed by atoms with E-state index in [2.05, 4.69) is 92.7 Å². The molecule has 0 bridgehead atoms. The van der Waals surface area contributed by atoms with Crippen molar-refractivity contribution in [2.24, 2.45) is 5.92 Å². The van der Waals surface area contributed by atoms with Gasteiger partial charge in [0, 0.05) is 0 Å². The number of rotatable bonds is 2. The average Bonchev–Trinajstić information content (AvgIpc) is 3.13. The Bertz CT molecular complexity index is 1010. The summed E-state index contributed by atoms with van der Waals surface area (Å²) in [5.74, 6) is 1.78. The van der Waals surface area contributed by atoms with Gasteiger partial charge in [-0.3, -0.25) is 0 Å². The molecule has 3 atom stereocenters. The highest BCUT2D eigenvalue weighted by Gasteiger charge is 2.40. The number of allylic oxidation sites excluding steroid dienone is 2. The Balaban J connectivity index is 1.60. The lowest BCUT2D eigenvalue weighted by atomic mass is 9.68. The molecule has 0 amide bonds. The third-order valence-corrected chi connectivity index (χ3v) is 6.55. The summed E-state index contributed by atoms with van der Waals surface area (Å²) in [6.45, 7) is 4.37. The maximum Gasteiger partial charge on any atom is -0.00495 e. The second-order valence-corrected chi connectivity index (χ2v) is 8.37. The molecule has 0 N–H and O–H groups in total. The van der Waals surface area contributed by atoms with Gasteiger partial charge in [-0.25, -0.2) is 0 Å². The first-order chi connectivity index (χ1) is 13.2. The lowest BCUT2D eigenvalue weighted by Gasteiger charge is -2.36. The van der Waals surface area contributed by atoms with Gasteiger partial charge in [0.2, 0.25) is 0 Å². The van der Waals surface area contributed by atoms with E-state index in [0.717, 1.165) is 12.8 Å². The van der Waals surface area contributed by atoms with Gasteiger partial charge in [-0.2, -0.15) is 0 Å². The highest BCUT2D eigenvalue weighted by molar-refractivity contribution is 5.70. The molecule has 0 heterocycles. The monoisotopic (exact) mass is 350 g/mol. The van der Waals surface area contributed by atoms with E-state index in [1.165, 1.54) is 27.8 Å². The van der Waals surface area contributed by atoms with Crippen LogP contribution in [0, 0.1) is 19.8 Å². The van der Waals surface area contributed by atoms with E-state index in [-0.39, 0.29) is 0 Å². The van der Waals surface area contributed by atoms with Crippen LogP contribution in [0.25, 0.3) is 5.57 Å². The Morgan fingerprint density at radius 2 is 1.52 bits per heavy atom. The second kappa shape index (κ2) is 6.53. The molecule has 0 fully saturated rings. The number of fused-ring (bicyclic) bond motifs is 3. The van der Waals surface area contributed by atoms with Crippen LogP contribution in [0.3, 0.4) is 0 Å². The van der Waals surface area contributed by atoms with Crippen molar-refractivity contribution in [3.8, 4) is 0 Å². The zero-order chi connectivity index (χ0) is 18.4. The molecule has 0 heteroatoms. The van der Waals surface area contributed by atoms with E-state index >= 15 is 0 Å². The van der Waals surface area contributed by atoms with Gasteiger partial charge in [-0.05, 0) is 72.3 Å². The molecule has 0 saturated heterocycles. The van der Waals surface area contributed by atoms with Crippen molar-refractivity contribution in [2.75, 3.05) is 0 Å². The first kappa shape index (κ1) is 16.6. The lowest BCUT2D eigenvalue weighted by molar-refractivity contribution is 0.412. The van der Waals surface area contributed by atoms with Gasteiger partial charge in [-0.15, -0.1) is 0 Å². The molecular formula is C27H26. The average molecular weight is 351 g/mol. The van der Waals surface area contributed by atoms with Crippen LogP contribution >= 0.6 is 0 Å². The largest absolute Gasteiger partial charge is 0.0763 e. The summed E-state index contributed by atoms with van der Waals surface area (Å²) in [5.41, 5.74) is 10.2. The Morgan fingerprint density at radius 3 is 2.33 bits per heavy atom. The molecule has 0 spiro atoms. The summed E-state index contributed by atoms with van der Waals surface area (Å²) in [5, 5.41) is 0. The summed E-state index contributed by atoms with van der Waals surface area (Å²) < 4.78 is 0. The van der Waals surface area contributed by atoms with Gasteiger partial charge in [-0.1, -0.05) is 90.0 Å². The summed E-state index contributed by atoms with van der Waals surface area (Å²) >= 11 is 0. The van der Waals surface area contributed by atoms with Gasteiger partial charge in [0.1, 0.15) is 0 Å². The van der Waals surface area contributed by atoms with E-state index in [1.54, 1.807) is 11.1 Å². The van der Waals surface area contributed by atoms with Crippen LogP contribution in [0.15, 0.2) is 78.9 Å². The van der Waals surface area contributed by atoms with E-state index in [9.17, 15) is 0 Å². The van der Waals surface area contributed by atoms with Gasteiger partial charge in [0.25, 0.3) is 0 Å². The molecule has 3 unspecified atom stereocenters. The number of hydrogen-bond donors (Lipinski definition) is 0. The van der Waals surface area contributed by atoms with E-state index in [1.807, 2.05) is 0 Å². The summed E-state index contributed by atoms with van der Waals surface area (Å²) in [6, 6.07) is 27.4. The Hall–Kier alpha value is -2.60. The molecule has 3 aromatic rings. The molecule has 0 radical (unpaired) electrons. The number of benzene rings is 3. The molecule has 5 rings (SSSR count). The molecule has 3 aromatic carbocycles. The van der Waals surface area contributed by atoms with Crippen LogP contribution in [-0.2, 0) is 6.42 Å². The molecule has 0 saturated carbocycles. The van der Waals surface area contributed by atoms with Crippen molar-refractivity contribution >= 4 is 5.57 Å². The van der Waals surface area contributed by atoms with Crippen LogP contribution in [-0.4, -0.2) is 0 Å². The normalized spacial score (nSPS) is 23.5. The zero-order valence-corrected chi connectivity index (χ0v) is 16.2. The minimum absolute atomic E-state index is 0.577. The van der Waals surface area contributed by atoms with Crippen LogP contribution in [0.1, 0.15) is 51.6 Å². The third-order valence-electron chi connectivity index (χ3n) is 6.55. The van der Waals surface area contributed by atoms with Crippen molar-refractivity contribution in [3.05, 3.63) is 112 Å². The van der Waals surface area contributed by atoms with Crippen LogP contribution in [0.5, 0.6) is 0 Å². The van der Waals surface area contributed by atoms with Crippen molar-refractivity contribution in [1.29, 1.82) is 0 Å². The fourth-order valence-corrected chi connectivity index (χ4v) is 5.18. The lowest BCUT2D eigenvalue weighted by Crippen LogP contribution is -2.24. The fraction of sp³-hybridized carbons (Fsp3) is 0.259. The predicted octanol–water partition coefficient (Wildman–Crippen LogP) is 6.83. The molecule has 27 heavy (non-hydrogen) atoms. The van der Waals surface area contributed by atoms with E-state index < -0.39 is 0 Å². The van der Waals surface area contributed by atoms with Gasteiger partial charge in [0.15, 0.2) is 0 Å². The quantitative estimate of drug-likeness (QED) is 0.475. The first-order valence-corrected chi connectivity index (χ1v) is 10.1. The van der Waals surface area contributed by atoms with Gasteiger partial charge >= 0.3 is 0 Å². The highest BCUT2D eigenvalue weighted by Crippen LogP contribution is 2.53. The zero-order valence-electron chi connectivity index (χ0n) is 16.2. The molecule has 134 valence electrons. The Morgan fingerprint density at radius 1 is 0.704 bits per heavy atom. The molecule has 0 nitrogen and oxygen atoms in total. The maximum absolute atomic E-state index is 2.60. The van der Waals surface area contributed by atoms with Gasteiger partial charge in [0.05, 0.1) is 0 Å². The minimum Gasteiger partial charge on any atom is -0.0763 e. The standard InChI is InChI=1S/C27H26/c1-18-10-12-20(13-11-18)23-16-26-24-9-4-3-7-22(24)15-25(27(26)17-23)21-8-5-6-19(2)14-21/h3-14,17,25-27H,15-16H2,1-2H3. The number of hydrogen-bond acceptors (Lipinski definition) is 0. The Labute approximate surface area is 162 Å². The Kier molecular flexibility index (Phi) is 4.01. The molecule has 0 aliphatic heterocycles. The number of aryl methyl sites for hydroxylation is 2. The first-order valence-electron chi connectivity index (χ1n) is 10.1. The predicted molar refractivity (Wildman–Crippen MR) is 114 cm³/mol. The molecule has 0 aromatic heterocycles. The summed E-state index contributed by atoms with van der Waals surface area (Å²) in [7, 11) is 0. The molecule has 2 aliphatic carbocycles. The summed E-state index contributed by atoms with van der Waals surface area (Å²) in [4.78, 5) is 0. The molecular weight excluding hydrogens is 324 g/mol. The minimum atomic E-state index is 0.577. The van der Waals surface area contributed by atoms with Crippen LogP contribution < -0.4 is 0 Å². The van der Waals surface area contributed by atoms with Crippen molar-refractivity contribution < 1.29 is 0 Å². The third kappa shape index (κ3) is 2.94. The van der Waals surface area contributed by atoms with Crippen molar-refractivity contribution in [3.63, 3.8) is 0 Å². The van der Waals surface area contributed by atoms with Crippen LogP contribution in [0.2, 0.25) is 0 Å². The topological polar surface area (TPSA) is 0 Å². The summed E-state index contributed by atoms with van der Waals surface area (Å²) in [6.07, 6.45) is 4.91. The smallest absolute Gasteiger partial charge is 0.00495 e. The van der Waals surface area contributed by atoms with E-state index in [0.29, 0.717) is 17.8 Å². The van der Waals surface area contributed by atoms with Crippen molar-refractivity contribution in [1.82, 2.24) is 0 Å². The second-order valence-electron chi connectivity index (χ2n) is 8.37.